The van der Waals surface area contributed by atoms with Gasteiger partial charge >= 0.3 is 6.03 Å². The molecule has 0 aliphatic carbocycles. The Bertz CT molecular complexity index is 413. The second-order valence-electron chi connectivity index (χ2n) is 3.10. The molecule has 0 aliphatic heterocycles. The molecule has 0 fully saturated rings. The molecular formula is C12H10N3O. The SMILES string of the molecule is O=C(Nc1cc[c]cc1)Nc1ccncc1. The van der Waals surface area contributed by atoms with Crippen LogP contribution in [0.25, 0.3) is 0 Å². The number of anilines is 2. The lowest BCUT2D eigenvalue weighted by atomic mass is 10.3. The van der Waals surface area contributed by atoms with Crippen LogP contribution >= 0.6 is 0 Å². The summed E-state index contributed by atoms with van der Waals surface area (Å²) in [5, 5.41) is 5.39. The van der Waals surface area contributed by atoms with Crippen LogP contribution in [0.2, 0.25) is 0 Å². The first-order chi connectivity index (χ1) is 7.84. The number of hydrogen-bond acceptors (Lipinski definition) is 2. The number of rotatable bonds is 2. The van der Waals surface area contributed by atoms with E-state index in [0.717, 1.165) is 5.69 Å². The van der Waals surface area contributed by atoms with E-state index in [1.807, 2.05) is 0 Å². The first-order valence-corrected chi connectivity index (χ1v) is 4.79. The van der Waals surface area contributed by atoms with Gasteiger partial charge in [-0.15, -0.1) is 0 Å². The molecule has 4 heteroatoms. The highest BCUT2D eigenvalue weighted by molar-refractivity contribution is 5.99. The van der Waals surface area contributed by atoms with Crippen molar-refractivity contribution in [1.82, 2.24) is 4.98 Å². The van der Waals surface area contributed by atoms with Crippen LogP contribution < -0.4 is 10.6 Å². The number of carbonyl (C=O) groups excluding carboxylic acids is 1. The molecule has 1 radical (unpaired) electrons. The van der Waals surface area contributed by atoms with Crippen LogP contribution in [0.15, 0.2) is 48.8 Å². The Morgan fingerprint density at radius 2 is 1.56 bits per heavy atom. The molecule has 1 aromatic heterocycles. The van der Waals surface area contributed by atoms with Crippen LogP contribution in [0.1, 0.15) is 0 Å². The molecule has 1 heterocycles. The zero-order chi connectivity index (χ0) is 11.2. The Morgan fingerprint density at radius 3 is 2.19 bits per heavy atom. The van der Waals surface area contributed by atoms with E-state index in [9.17, 15) is 4.79 Å². The van der Waals surface area contributed by atoms with Crippen molar-refractivity contribution in [2.75, 3.05) is 10.6 Å². The van der Waals surface area contributed by atoms with Gasteiger partial charge in [0.15, 0.2) is 0 Å². The minimum Gasteiger partial charge on any atom is -0.308 e. The zero-order valence-electron chi connectivity index (χ0n) is 8.47. The number of urea groups is 1. The minimum atomic E-state index is -0.280. The number of aromatic nitrogens is 1. The van der Waals surface area contributed by atoms with Crippen LogP contribution in [-0.2, 0) is 0 Å². The predicted octanol–water partition coefficient (Wildman–Crippen LogP) is 2.53. The van der Waals surface area contributed by atoms with E-state index < -0.39 is 0 Å². The van der Waals surface area contributed by atoms with Gasteiger partial charge in [-0.1, -0.05) is 12.1 Å². The molecule has 79 valence electrons. The van der Waals surface area contributed by atoms with E-state index >= 15 is 0 Å². The predicted molar refractivity (Wildman–Crippen MR) is 62.2 cm³/mol. The third-order valence-electron chi connectivity index (χ3n) is 1.91. The molecule has 0 saturated carbocycles. The van der Waals surface area contributed by atoms with Crippen LogP contribution in [0, 0.1) is 6.07 Å². The van der Waals surface area contributed by atoms with Crippen molar-refractivity contribution >= 4 is 17.4 Å². The average Bonchev–Trinajstić information content (AvgIpc) is 2.31. The molecule has 2 amide bonds. The summed E-state index contributed by atoms with van der Waals surface area (Å²) in [7, 11) is 0. The fourth-order valence-electron chi connectivity index (χ4n) is 1.20. The molecule has 2 aromatic rings. The second kappa shape index (κ2) is 4.93. The normalized spacial score (nSPS) is 9.50. The van der Waals surface area contributed by atoms with Gasteiger partial charge in [-0.05, 0) is 30.3 Å². The highest BCUT2D eigenvalue weighted by atomic mass is 16.2. The summed E-state index contributed by atoms with van der Waals surface area (Å²) in [6.07, 6.45) is 3.24. The van der Waals surface area contributed by atoms with Gasteiger partial charge in [-0.25, -0.2) is 4.79 Å². The monoisotopic (exact) mass is 212 g/mol. The van der Waals surface area contributed by atoms with Crippen LogP contribution in [0.4, 0.5) is 16.2 Å². The largest absolute Gasteiger partial charge is 0.323 e. The zero-order valence-corrected chi connectivity index (χ0v) is 8.47. The van der Waals surface area contributed by atoms with E-state index in [-0.39, 0.29) is 6.03 Å². The topological polar surface area (TPSA) is 54.0 Å². The molecular weight excluding hydrogens is 202 g/mol. The maximum atomic E-state index is 11.5. The Morgan fingerprint density at radius 1 is 1.00 bits per heavy atom. The molecule has 0 atom stereocenters. The van der Waals surface area contributed by atoms with Crippen LogP contribution in [-0.4, -0.2) is 11.0 Å². The van der Waals surface area contributed by atoms with Gasteiger partial charge in [0.05, 0.1) is 0 Å². The molecule has 0 bridgehead atoms. The van der Waals surface area contributed by atoms with Crippen molar-refractivity contribution in [3.05, 3.63) is 54.9 Å². The first-order valence-electron chi connectivity index (χ1n) is 4.79. The Balaban J connectivity index is 1.95. The van der Waals surface area contributed by atoms with Gasteiger partial charge in [-0.3, -0.25) is 4.98 Å². The molecule has 0 unspecified atom stereocenters. The lowest BCUT2D eigenvalue weighted by molar-refractivity contribution is 0.262. The molecule has 4 nitrogen and oxygen atoms in total. The van der Waals surface area contributed by atoms with Crippen molar-refractivity contribution in [1.29, 1.82) is 0 Å². The number of benzene rings is 1. The van der Waals surface area contributed by atoms with Gasteiger partial charge in [0, 0.05) is 23.8 Å². The maximum absolute atomic E-state index is 11.5. The van der Waals surface area contributed by atoms with Crippen molar-refractivity contribution in [3.8, 4) is 0 Å². The summed E-state index contributed by atoms with van der Waals surface area (Å²) >= 11 is 0. The Labute approximate surface area is 93.3 Å². The quantitative estimate of drug-likeness (QED) is 0.803. The number of nitrogens with zero attached hydrogens (tertiary/aromatic N) is 1. The van der Waals surface area contributed by atoms with E-state index in [1.165, 1.54) is 0 Å². The molecule has 2 rings (SSSR count). The standard InChI is InChI=1S/C12H10N3O/c16-12(14-10-4-2-1-3-5-10)15-11-6-8-13-9-7-11/h2-9H,(H2,13,14,15,16). The van der Waals surface area contributed by atoms with Crippen molar-refractivity contribution in [2.24, 2.45) is 0 Å². The molecule has 1 aromatic carbocycles. The Kier molecular flexibility index (Phi) is 3.13. The molecule has 0 spiro atoms. The average molecular weight is 212 g/mol. The van der Waals surface area contributed by atoms with E-state index in [0.29, 0.717) is 5.69 Å². The molecule has 0 aliphatic rings. The summed E-state index contributed by atoms with van der Waals surface area (Å²) in [5.74, 6) is 0. The maximum Gasteiger partial charge on any atom is 0.323 e. The summed E-state index contributed by atoms with van der Waals surface area (Å²) in [4.78, 5) is 15.4. The highest BCUT2D eigenvalue weighted by Gasteiger charge is 2.00. The van der Waals surface area contributed by atoms with Crippen LogP contribution in [0.5, 0.6) is 0 Å². The number of nitrogens with one attached hydrogen (secondary N) is 2. The highest BCUT2D eigenvalue weighted by Crippen LogP contribution is 2.07. The molecule has 16 heavy (non-hydrogen) atoms. The van der Waals surface area contributed by atoms with Gasteiger partial charge in [-0.2, -0.15) is 0 Å². The first kappa shape index (κ1) is 10.2. The summed E-state index contributed by atoms with van der Waals surface area (Å²) < 4.78 is 0. The number of carbonyl (C=O) groups is 1. The fraction of sp³-hybridized carbons (Fsp3) is 0. The fourth-order valence-corrected chi connectivity index (χ4v) is 1.20. The van der Waals surface area contributed by atoms with Gasteiger partial charge in [0.25, 0.3) is 0 Å². The summed E-state index contributed by atoms with van der Waals surface area (Å²) in [5.41, 5.74) is 1.43. The van der Waals surface area contributed by atoms with Gasteiger partial charge in [0.1, 0.15) is 0 Å². The van der Waals surface area contributed by atoms with Gasteiger partial charge in [0.2, 0.25) is 0 Å². The number of amides is 2. The second-order valence-corrected chi connectivity index (χ2v) is 3.10. The Hall–Kier alpha value is -2.36. The van der Waals surface area contributed by atoms with Crippen molar-refractivity contribution < 1.29 is 4.79 Å². The van der Waals surface area contributed by atoms with Crippen LogP contribution in [0.3, 0.4) is 0 Å². The number of hydrogen-bond donors (Lipinski definition) is 2. The van der Waals surface area contributed by atoms with Crippen molar-refractivity contribution in [3.63, 3.8) is 0 Å². The molecule has 2 N–H and O–H groups in total. The van der Waals surface area contributed by atoms with Gasteiger partial charge < -0.3 is 10.6 Å². The van der Waals surface area contributed by atoms with E-state index in [2.05, 4.69) is 21.7 Å². The lowest BCUT2D eigenvalue weighted by Crippen LogP contribution is -2.19. The minimum absolute atomic E-state index is 0.280. The third kappa shape index (κ3) is 2.81. The number of pyridine rings is 1. The lowest BCUT2D eigenvalue weighted by Gasteiger charge is -2.06. The smallest absolute Gasteiger partial charge is 0.308 e. The summed E-state index contributed by atoms with van der Waals surface area (Å²) in [6, 6.07) is 13.1. The molecule has 0 saturated heterocycles. The summed E-state index contributed by atoms with van der Waals surface area (Å²) in [6.45, 7) is 0. The third-order valence-corrected chi connectivity index (χ3v) is 1.91. The van der Waals surface area contributed by atoms with E-state index in [1.54, 1.807) is 48.8 Å². The van der Waals surface area contributed by atoms with Crippen molar-refractivity contribution in [2.45, 2.75) is 0 Å². The van der Waals surface area contributed by atoms with E-state index in [4.69, 9.17) is 0 Å².